The Kier molecular flexibility index (Phi) is 8.34. The molecular formula is C38H45FN8O3. The number of aromatic nitrogens is 4. The van der Waals surface area contributed by atoms with Gasteiger partial charge in [-0.1, -0.05) is 18.6 Å². The maximum Gasteiger partial charge on any atom is 0.238 e. The van der Waals surface area contributed by atoms with Gasteiger partial charge < -0.3 is 29.7 Å². The van der Waals surface area contributed by atoms with Gasteiger partial charge in [-0.25, -0.2) is 14.4 Å². The molecule has 262 valence electrons. The zero-order valence-electron chi connectivity index (χ0n) is 29.0. The van der Waals surface area contributed by atoms with Gasteiger partial charge in [0.05, 0.1) is 47.1 Å². The second-order valence-corrected chi connectivity index (χ2v) is 14.8. The van der Waals surface area contributed by atoms with E-state index in [1.807, 2.05) is 21.6 Å². The van der Waals surface area contributed by atoms with Crippen LogP contribution in [0.5, 0.6) is 0 Å². The number of hydrogen-bond donors (Lipinski definition) is 2. The van der Waals surface area contributed by atoms with E-state index < -0.39 is 11.2 Å². The fourth-order valence-corrected chi connectivity index (χ4v) is 8.63. The van der Waals surface area contributed by atoms with Crippen molar-refractivity contribution in [3.8, 4) is 11.3 Å². The lowest BCUT2D eigenvalue weighted by molar-refractivity contribution is -0.134. The van der Waals surface area contributed by atoms with Gasteiger partial charge in [0, 0.05) is 49.4 Å². The molecule has 4 aliphatic rings. The molecule has 50 heavy (non-hydrogen) atoms. The highest BCUT2D eigenvalue weighted by molar-refractivity contribution is 6.09. The average molecular weight is 681 g/mol. The monoisotopic (exact) mass is 680 g/mol. The highest BCUT2D eigenvalue weighted by Gasteiger charge is 2.55. The number of imidazole rings is 1. The van der Waals surface area contributed by atoms with Gasteiger partial charge in [0.1, 0.15) is 5.52 Å². The van der Waals surface area contributed by atoms with E-state index in [9.17, 15) is 14.7 Å². The standard InChI is InChI=1S/C38H45FN8O3/c1-23(2)46-22-41-33-19-31(42-36(35(33)46)43-32-16-26(21-48)40-20-30(32)39)25-7-8-29-34(15-25)47(28-17-27(18-28)45-11-5-4-6-12-45)37(50)38(29)9-13-44(14-10-38)24(3)49/h7-8,15-16,19-20,22-23,27-28,48H,4-6,9-14,17-18,21H2,1-3H3,(H,40,42,43). The van der Waals surface area contributed by atoms with Crippen LogP contribution in [0, 0.1) is 5.82 Å². The molecule has 3 aromatic heterocycles. The number of carbonyl (C=O) groups is 2. The molecule has 2 saturated heterocycles. The number of nitrogens with zero attached hydrogens (tertiary/aromatic N) is 7. The van der Waals surface area contributed by atoms with E-state index in [0.29, 0.717) is 54.7 Å². The van der Waals surface area contributed by atoms with Crippen LogP contribution in [-0.4, -0.2) is 84.5 Å². The van der Waals surface area contributed by atoms with Crippen LogP contribution in [0.15, 0.2) is 42.9 Å². The summed E-state index contributed by atoms with van der Waals surface area (Å²) in [5.74, 6) is 0.0761. The maximum atomic E-state index is 15.0. The predicted molar refractivity (Wildman–Crippen MR) is 190 cm³/mol. The fraction of sp³-hybridized carbons (Fsp3) is 0.500. The van der Waals surface area contributed by atoms with Crippen LogP contribution in [0.25, 0.3) is 22.3 Å². The number of anilines is 3. The first-order chi connectivity index (χ1) is 24.2. The minimum atomic E-state index is -0.653. The highest BCUT2D eigenvalue weighted by atomic mass is 19.1. The van der Waals surface area contributed by atoms with Crippen molar-refractivity contribution < 1.29 is 19.1 Å². The van der Waals surface area contributed by atoms with E-state index >= 15 is 4.39 Å². The lowest BCUT2D eigenvalue weighted by Crippen LogP contribution is -2.58. The molecule has 0 radical (unpaired) electrons. The smallest absolute Gasteiger partial charge is 0.238 e. The molecule has 11 nitrogen and oxygen atoms in total. The van der Waals surface area contributed by atoms with Gasteiger partial charge in [-0.15, -0.1) is 0 Å². The fourth-order valence-electron chi connectivity index (χ4n) is 8.63. The van der Waals surface area contributed by atoms with E-state index in [0.717, 1.165) is 54.5 Å². The summed E-state index contributed by atoms with van der Waals surface area (Å²) in [6.07, 6.45) is 9.77. The maximum absolute atomic E-state index is 15.0. The Hall–Kier alpha value is -4.42. The number of hydrogen-bond acceptors (Lipinski definition) is 8. The molecule has 0 bridgehead atoms. The zero-order chi connectivity index (χ0) is 34.7. The Balaban J connectivity index is 1.20. The first-order valence-corrected chi connectivity index (χ1v) is 18.0. The number of aliphatic hydroxyl groups excluding tert-OH is 1. The van der Waals surface area contributed by atoms with E-state index in [-0.39, 0.29) is 36.2 Å². The minimum absolute atomic E-state index is 0.0473. The van der Waals surface area contributed by atoms with Crippen LogP contribution in [-0.2, 0) is 21.6 Å². The molecule has 0 atom stereocenters. The average Bonchev–Trinajstić information content (AvgIpc) is 3.64. The lowest BCUT2D eigenvalue weighted by Gasteiger charge is -2.48. The highest BCUT2D eigenvalue weighted by Crippen LogP contribution is 2.52. The van der Waals surface area contributed by atoms with E-state index in [1.165, 1.54) is 25.3 Å². The number of rotatable bonds is 7. The van der Waals surface area contributed by atoms with Gasteiger partial charge in [0.15, 0.2) is 11.6 Å². The number of pyridine rings is 2. The van der Waals surface area contributed by atoms with Crippen molar-refractivity contribution in [1.82, 2.24) is 29.3 Å². The number of likely N-dealkylation sites (tertiary alicyclic amines) is 2. The third kappa shape index (κ3) is 5.43. The topological polar surface area (TPSA) is 120 Å². The molecule has 8 rings (SSSR count). The van der Waals surface area contributed by atoms with Crippen molar-refractivity contribution in [3.63, 3.8) is 0 Å². The Labute approximate surface area is 291 Å². The molecule has 3 fully saturated rings. The molecule has 4 aromatic rings. The molecule has 0 unspecified atom stereocenters. The summed E-state index contributed by atoms with van der Waals surface area (Å²) in [6.45, 7) is 8.78. The normalized spacial score (nSPS) is 22.0. The molecule has 1 aromatic carbocycles. The van der Waals surface area contributed by atoms with E-state index in [1.54, 1.807) is 13.3 Å². The van der Waals surface area contributed by atoms with Crippen LogP contribution in [0.3, 0.4) is 0 Å². The summed E-state index contributed by atoms with van der Waals surface area (Å²) in [7, 11) is 0. The largest absolute Gasteiger partial charge is 0.390 e. The van der Waals surface area contributed by atoms with Gasteiger partial charge in [-0.05, 0) is 89.2 Å². The number of fused-ring (bicyclic) bond motifs is 3. The molecule has 2 N–H and O–H groups in total. The van der Waals surface area contributed by atoms with Crippen LogP contribution in [0.4, 0.5) is 21.6 Å². The van der Waals surface area contributed by atoms with Crippen molar-refractivity contribution in [2.24, 2.45) is 0 Å². The van der Waals surface area contributed by atoms with Crippen molar-refractivity contribution >= 4 is 40.0 Å². The van der Waals surface area contributed by atoms with Crippen LogP contribution in [0.1, 0.15) is 83.0 Å². The third-order valence-corrected chi connectivity index (χ3v) is 11.6. The van der Waals surface area contributed by atoms with Gasteiger partial charge in [-0.3, -0.25) is 14.6 Å². The number of benzene rings is 1. The molecule has 1 spiro atoms. The van der Waals surface area contributed by atoms with Crippen molar-refractivity contribution in [1.29, 1.82) is 0 Å². The number of amides is 2. The number of nitrogens with one attached hydrogen (secondary N) is 1. The van der Waals surface area contributed by atoms with Gasteiger partial charge in [-0.2, -0.15) is 0 Å². The second-order valence-electron chi connectivity index (χ2n) is 14.8. The molecular weight excluding hydrogens is 635 g/mol. The molecule has 2 amide bonds. The summed E-state index contributed by atoms with van der Waals surface area (Å²) in [5.41, 5.74) is 4.73. The Bertz CT molecular complexity index is 1960. The molecule has 6 heterocycles. The molecule has 3 aliphatic heterocycles. The quantitative estimate of drug-likeness (QED) is 0.256. The SMILES string of the molecule is CC(=O)N1CCC2(CC1)C(=O)N(C1CC(N3CCCCC3)C1)c1cc(-c3cc4ncn(C(C)C)c4c(Nc4cc(CO)ncc4F)n3)ccc12. The number of aliphatic hydroxyl groups is 1. The van der Waals surface area contributed by atoms with Crippen LogP contribution >= 0.6 is 0 Å². The molecule has 12 heteroatoms. The summed E-state index contributed by atoms with van der Waals surface area (Å²) < 4.78 is 17.0. The summed E-state index contributed by atoms with van der Waals surface area (Å²) in [5, 5.41) is 12.8. The Morgan fingerprint density at radius 2 is 1.80 bits per heavy atom. The number of piperidine rings is 2. The van der Waals surface area contributed by atoms with Gasteiger partial charge in [0.2, 0.25) is 11.8 Å². The van der Waals surface area contributed by atoms with Crippen molar-refractivity contribution in [2.75, 3.05) is 36.4 Å². The van der Waals surface area contributed by atoms with Crippen LogP contribution < -0.4 is 10.2 Å². The summed E-state index contributed by atoms with van der Waals surface area (Å²) in [6, 6.07) is 10.3. The molecule has 1 aliphatic carbocycles. The first kappa shape index (κ1) is 32.8. The third-order valence-electron chi connectivity index (χ3n) is 11.6. The minimum Gasteiger partial charge on any atom is -0.390 e. The predicted octanol–water partition coefficient (Wildman–Crippen LogP) is 5.69. The number of carbonyl (C=O) groups excluding carboxylic acids is 2. The summed E-state index contributed by atoms with van der Waals surface area (Å²) in [4.78, 5) is 47.2. The van der Waals surface area contributed by atoms with Crippen LogP contribution in [0.2, 0.25) is 0 Å². The van der Waals surface area contributed by atoms with Crippen molar-refractivity contribution in [2.45, 2.75) is 95.9 Å². The van der Waals surface area contributed by atoms with Gasteiger partial charge >= 0.3 is 0 Å². The first-order valence-electron chi connectivity index (χ1n) is 18.0. The van der Waals surface area contributed by atoms with Crippen molar-refractivity contribution in [3.05, 3.63) is 59.9 Å². The zero-order valence-corrected chi connectivity index (χ0v) is 29.0. The summed E-state index contributed by atoms with van der Waals surface area (Å²) >= 11 is 0. The lowest BCUT2D eigenvalue weighted by atomic mass is 9.73. The van der Waals surface area contributed by atoms with E-state index in [2.05, 4.69) is 46.1 Å². The second kappa shape index (κ2) is 12.7. The van der Waals surface area contributed by atoms with Gasteiger partial charge in [0.25, 0.3) is 0 Å². The van der Waals surface area contributed by atoms with E-state index in [4.69, 9.17) is 9.97 Å². The number of halogens is 1. The molecule has 1 saturated carbocycles. The Morgan fingerprint density at radius 3 is 2.50 bits per heavy atom. The Morgan fingerprint density at radius 1 is 1.04 bits per heavy atom.